The normalized spacial score (nSPS) is 17.7. The van der Waals surface area contributed by atoms with Gasteiger partial charge in [0.2, 0.25) is 0 Å². The predicted octanol–water partition coefficient (Wildman–Crippen LogP) is 16.5. The minimum Gasteiger partial charge on any atom is -0.0619 e. The van der Waals surface area contributed by atoms with Gasteiger partial charge in [-0.2, -0.15) is 0 Å². The molecule has 13 rings (SSSR count). The Labute approximate surface area is 368 Å². The summed E-state index contributed by atoms with van der Waals surface area (Å²) in [6, 6.07) is 18.5. The standard InChI is InChI=1S/C59H38/c1-59(2)53-12-4-3-11-49(53)50-28-25-43(34-54(50)59)45-31-44(32-46(33-45)48-27-22-42-20-18-38-8-6-10-40-24-30-52(48)58(42)56(38)40)35-13-15-36(16-14-35)47-26-21-41-19-17-37-7-5-9-39-23-29-51(47)57(41)55(37)39/h3-34H,1-2H3/i5D,6D,7D,8D,9D,10D,17D,18D,19D,20D,21D,22D,23D,24D,26D,27D,29D,30D. The highest BCUT2D eigenvalue weighted by Crippen LogP contribution is 2.50. The van der Waals surface area contributed by atoms with Crippen LogP contribution in [0.1, 0.15) is 49.6 Å². The summed E-state index contributed by atoms with van der Waals surface area (Å²) in [4.78, 5) is 0. The first-order valence-corrected chi connectivity index (χ1v) is 19.4. The zero-order valence-electron chi connectivity index (χ0n) is 49.6. The van der Waals surface area contributed by atoms with Crippen molar-refractivity contribution in [1.82, 2.24) is 0 Å². The van der Waals surface area contributed by atoms with Crippen molar-refractivity contribution < 1.29 is 24.7 Å². The Bertz CT molecular complexity index is 4680. The Balaban J connectivity index is 1.09. The number of hydrogen-bond acceptors (Lipinski definition) is 0. The van der Waals surface area contributed by atoms with E-state index in [1.54, 1.807) is 30.3 Å². The molecule has 0 atom stereocenters. The topological polar surface area (TPSA) is 0 Å². The Kier molecular flexibility index (Phi) is 4.01. The van der Waals surface area contributed by atoms with Gasteiger partial charge in [0.05, 0.1) is 24.7 Å². The fourth-order valence-corrected chi connectivity index (χ4v) is 9.38. The third-order valence-electron chi connectivity index (χ3n) is 12.3. The molecular formula is C59H38. The van der Waals surface area contributed by atoms with Gasteiger partial charge in [-0.3, -0.25) is 0 Å². The van der Waals surface area contributed by atoms with Crippen LogP contribution in [-0.2, 0) is 5.41 Å². The molecule has 0 bridgehead atoms. The van der Waals surface area contributed by atoms with Crippen molar-refractivity contribution >= 4 is 64.6 Å². The van der Waals surface area contributed by atoms with Crippen LogP contribution >= 0.6 is 0 Å². The molecule has 0 radical (unpaired) electrons. The molecule has 0 spiro atoms. The largest absolute Gasteiger partial charge is 0.0630 e. The molecule has 0 aromatic heterocycles. The van der Waals surface area contributed by atoms with E-state index in [0.717, 1.165) is 22.3 Å². The summed E-state index contributed by atoms with van der Waals surface area (Å²) >= 11 is 0. The van der Waals surface area contributed by atoms with E-state index in [4.69, 9.17) is 15.1 Å². The monoisotopic (exact) mass is 764 g/mol. The molecule has 0 heteroatoms. The lowest BCUT2D eigenvalue weighted by molar-refractivity contribution is 0.660. The van der Waals surface area contributed by atoms with Gasteiger partial charge in [0.25, 0.3) is 0 Å². The van der Waals surface area contributed by atoms with Crippen LogP contribution in [-0.4, -0.2) is 0 Å². The van der Waals surface area contributed by atoms with Crippen LogP contribution in [0.2, 0.25) is 0 Å². The van der Waals surface area contributed by atoms with E-state index >= 15 is 0 Å². The average molecular weight is 765 g/mol. The molecule has 0 N–H and O–H groups in total. The SMILES string of the molecule is [2H]c1c([2H])c2c([2H])c([2H])c3c([2H])c([2H])c(-c4ccc(-c5cc(-c6ccc7c(c6)C(C)(C)c6ccccc6-7)cc(-c6c([2H])c([2H])c7c([2H])c([2H])c8c([2H])c([2H])c([2H])c9c([2H])c([2H])c6c7c89)c5)cc4)c4c([2H])c([2H])c(c1[2H])c2c34. The summed E-state index contributed by atoms with van der Waals surface area (Å²) in [6.45, 7) is 4.32. The Hall–Kier alpha value is -7.28. The van der Waals surface area contributed by atoms with Crippen LogP contribution in [0.5, 0.6) is 0 Å². The summed E-state index contributed by atoms with van der Waals surface area (Å²) < 4.78 is 163. The van der Waals surface area contributed by atoms with E-state index in [2.05, 4.69) is 38.1 Å². The second kappa shape index (κ2) is 11.9. The maximum Gasteiger partial charge on any atom is 0.0630 e. The fraction of sp³-hybridized carbons (Fsp3) is 0.0508. The molecule has 274 valence electrons. The van der Waals surface area contributed by atoms with Gasteiger partial charge in [-0.1, -0.05) is 183 Å². The highest BCUT2D eigenvalue weighted by atomic mass is 14.4. The lowest BCUT2D eigenvalue weighted by Gasteiger charge is -2.22. The quantitative estimate of drug-likeness (QED) is 0.157. The maximum atomic E-state index is 9.69. The minimum atomic E-state index is -0.564. The van der Waals surface area contributed by atoms with Crippen molar-refractivity contribution in [2.24, 2.45) is 0 Å². The first-order valence-electron chi connectivity index (χ1n) is 28.4. The van der Waals surface area contributed by atoms with Crippen molar-refractivity contribution in [1.29, 1.82) is 0 Å². The average Bonchev–Trinajstić information content (AvgIpc) is 3.71. The zero-order chi connectivity index (χ0) is 54.6. The van der Waals surface area contributed by atoms with E-state index < -0.39 is 96.7 Å². The van der Waals surface area contributed by atoms with Gasteiger partial charge in [-0.05, 0) is 156 Å². The second-order valence-corrected chi connectivity index (χ2v) is 15.8. The molecule has 0 fully saturated rings. The molecule has 0 nitrogen and oxygen atoms in total. The van der Waals surface area contributed by atoms with Crippen molar-refractivity contribution in [2.45, 2.75) is 19.3 Å². The van der Waals surface area contributed by atoms with Crippen molar-refractivity contribution in [3.63, 3.8) is 0 Å². The Morgan fingerprint density at radius 1 is 0.322 bits per heavy atom. The molecule has 12 aromatic rings. The Morgan fingerprint density at radius 2 is 0.763 bits per heavy atom. The first-order chi connectivity index (χ1) is 36.5. The van der Waals surface area contributed by atoms with Crippen LogP contribution in [0.25, 0.3) is 120 Å². The third kappa shape index (κ3) is 4.66. The number of rotatable bonds is 4. The molecule has 1 aliphatic rings. The first kappa shape index (κ1) is 19.9. The number of fused-ring (bicyclic) bond motifs is 3. The van der Waals surface area contributed by atoms with Gasteiger partial charge >= 0.3 is 0 Å². The predicted molar refractivity (Wildman–Crippen MR) is 253 cm³/mol. The summed E-state index contributed by atoms with van der Waals surface area (Å²) in [6.07, 6.45) is 0. The molecular weight excluding hydrogens is 709 g/mol. The van der Waals surface area contributed by atoms with Gasteiger partial charge < -0.3 is 0 Å². The summed E-state index contributed by atoms with van der Waals surface area (Å²) in [5, 5.41) is -0.595. The third-order valence-corrected chi connectivity index (χ3v) is 12.3. The number of hydrogen-bond donors (Lipinski definition) is 0. The van der Waals surface area contributed by atoms with E-state index in [1.807, 2.05) is 30.3 Å². The minimum absolute atomic E-state index is 0.0167. The van der Waals surface area contributed by atoms with Crippen LogP contribution in [0.3, 0.4) is 0 Å². The van der Waals surface area contributed by atoms with E-state index in [9.17, 15) is 9.60 Å². The van der Waals surface area contributed by atoms with Crippen LogP contribution < -0.4 is 0 Å². The molecule has 12 aromatic carbocycles. The highest BCUT2D eigenvalue weighted by molar-refractivity contribution is 6.26. The molecule has 1 aliphatic carbocycles. The summed E-state index contributed by atoms with van der Waals surface area (Å²) in [5.74, 6) is 0. The van der Waals surface area contributed by atoms with Crippen LogP contribution in [0.4, 0.5) is 0 Å². The van der Waals surface area contributed by atoms with Crippen LogP contribution in [0, 0.1) is 0 Å². The lowest BCUT2D eigenvalue weighted by atomic mass is 9.81. The second-order valence-electron chi connectivity index (χ2n) is 15.8. The molecule has 0 saturated heterocycles. The molecule has 0 amide bonds. The van der Waals surface area contributed by atoms with E-state index in [0.29, 0.717) is 27.8 Å². The molecule has 0 saturated carbocycles. The molecule has 59 heavy (non-hydrogen) atoms. The highest BCUT2D eigenvalue weighted by Gasteiger charge is 2.35. The van der Waals surface area contributed by atoms with Gasteiger partial charge in [0, 0.05) is 5.41 Å². The van der Waals surface area contributed by atoms with Gasteiger partial charge in [0.1, 0.15) is 0 Å². The summed E-state index contributed by atoms with van der Waals surface area (Å²) in [5.41, 5.74) is 7.53. The van der Waals surface area contributed by atoms with Crippen molar-refractivity contribution in [3.05, 3.63) is 205 Å². The Morgan fingerprint density at radius 3 is 1.37 bits per heavy atom. The van der Waals surface area contributed by atoms with Gasteiger partial charge in [0.15, 0.2) is 0 Å². The number of benzene rings is 12. The maximum absolute atomic E-state index is 9.69. The zero-order valence-corrected chi connectivity index (χ0v) is 31.6. The molecule has 0 unspecified atom stereocenters. The van der Waals surface area contributed by atoms with E-state index in [-0.39, 0.29) is 93.3 Å². The van der Waals surface area contributed by atoms with Crippen LogP contribution in [0.15, 0.2) is 194 Å². The fourth-order valence-electron chi connectivity index (χ4n) is 9.38. The molecule has 0 heterocycles. The van der Waals surface area contributed by atoms with Crippen molar-refractivity contribution in [2.75, 3.05) is 0 Å². The van der Waals surface area contributed by atoms with Crippen molar-refractivity contribution in [3.8, 4) is 55.6 Å². The lowest BCUT2D eigenvalue weighted by Crippen LogP contribution is -2.14. The van der Waals surface area contributed by atoms with E-state index in [1.165, 1.54) is 5.56 Å². The van der Waals surface area contributed by atoms with Gasteiger partial charge in [-0.15, -0.1) is 0 Å². The molecule has 0 aliphatic heterocycles. The summed E-state index contributed by atoms with van der Waals surface area (Å²) in [7, 11) is 0. The van der Waals surface area contributed by atoms with Gasteiger partial charge in [-0.25, -0.2) is 0 Å². The smallest absolute Gasteiger partial charge is 0.0619 e.